The van der Waals surface area contributed by atoms with Gasteiger partial charge in [0, 0.05) is 13.2 Å². The molecule has 0 amide bonds. The van der Waals surface area contributed by atoms with Gasteiger partial charge in [-0.05, 0) is 24.7 Å². The van der Waals surface area contributed by atoms with E-state index in [1.54, 1.807) is 0 Å². The minimum Gasteiger partial charge on any atom is -0.381 e. The summed E-state index contributed by atoms with van der Waals surface area (Å²) in [5, 5.41) is 0. The van der Waals surface area contributed by atoms with Crippen LogP contribution in [-0.4, -0.2) is 13.2 Å². The Morgan fingerprint density at radius 1 is 1.00 bits per heavy atom. The molecule has 1 heterocycles. The molecule has 54 valence electrons. The molecular formula is C8H16O. The first kappa shape index (κ1) is 7.07. The van der Waals surface area contributed by atoms with E-state index in [0.29, 0.717) is 0 Å². The van der Waals surface area contributed by atoms with Crippen molar-refractivity contribution in [2.75, 3.05) is 13.2 Å². The average molecular weight is 128 g/mol. The van der Waals surface area contributed by atoms with E-state index in [1.807, 2.05) is 0 Å². The highest BCUT2D eigenvalue weighted by Crippen LogP contribution is 2.21. The first-order valence-electron chi connectivity index (χ1n) is 3.88. The van der Waals surface area contributed by atoms with Gasteiger partial charge in [-0.1, -0.05) is 13.8 Å². The molecule has 1 heteroatoms. The summed E-state index contributed by atoms with van der Waals surface area (Å²) in [7, 11) is 0. The van der Waals surface area contributed by atoms with Crippen LogP contribution in [0.25, 0.3) is 0 Å². The van der Waals surface area contributed by atoms with Crippen LogP contribution >= 0.6 is 0 Å². The van der Waals surface area contributed by atoms with E-state index in [1.165, 1.54) is 12.8 Å². The molecule has 0 aromatic heterocycles. The Bertz CT molecular complexity index is 70.6. The summed E-state index contributed by atoms with van der Waals surface area (Å²) in [6, 6.07) is 0. The molecule has 1 nitrogen and oxygen atoms in total. The molecule has 0 N–H and O–H groups in total. The average Bonchev–Trinajstić information content (AvgIpc) is 1.99. The number of ether oxygens (including phenoxy) is 1. The van der Waals surface area contributed by atoms with Crippen LogP contribution in [0, 0.1) is 11.8 Å². The van der Waals surface area contributed by atoms with Crippen LogP contribution in [0.5, 0.6) is 0 Å². The van der Waals surface area contributed by atoms with E-state index < -0.39 is 0 Å². The van der Waals surface area contributed by atoms with E-state index in [4.69, 9.17) is 4.74 Å². The smallest absolute Gasteiger partial charge is 0.0468 e. The lowest BCUT2D eigenvalue weighted by Gasteiger charge is -2.13. The minimum atomic E-state index is 0.868. The number of hydrogen-bond acceptors (Lipinski definition) is 1. The van der Waals surface area contributed by atoms with Gasteiger partial charge in [0.15, 0.2) is 0 Å². The second-order valence-electron chi connectivity index (χ2n) is 3.14. The van der Waals surface area contributed by atoms with Crippen molar-refractivity contribution in [3.05, 3.63) is 0 Å². The third kappa shape index (κ3) is 1.98. The highest BCUT2D eigenvalue weighted by atomic mass is 16.5. The highest BCUT2D eigenvalue weighted by molar-refractivity contribution is 4.64. The van der Waals surface area contributed by atoms with Crippen LogP contribution in [0.1, 0.15) is 26.7 Å². The zero-order valence-electron chi connectivity index (χ0n) is 6.39. The first-order valence-corrected chi connectivity index (χ1v) is 3.88. The topological polar surface area (TPSA) is 9.23 Å². The van der Waals surface area contributed by atoms with Crippen molar-refractivity contribution in [2.45, 2.75) is 26.7 Å². The Morgan fingerprint density at radius 3 is 1.89 bits per heavy atom. The van der Waals surface area contributed by atoms with Crippen molar-refractivity contribution in [3.63, 3.8) is 0 Å². The lowest BCUT2D eigenvalue weighted by molar-refractivity contribution is 0.141. The van der Waals surface area contributed by atoms with E-state index in [9.17, 15) is 0 Å². The van der Waals surface area contributed by atoms with Gasteiger partial charge in [0.1, 0.15) is 0 Å². The van der Waals surface area contributed by atoms with Crippen LogP contribution in [-0.2, 0) is 4.74 Å². The first-order chi connectivity index (χ1) is 4.30. The molecule has 0 bridgehead atoms. The molecular weight excluding hydrogens is 112 g/mol. The van der Waals surface area contributed by atoms with Gasteiger partial charge in [0.05, 0.1) is 0 Å². The van der Waals surface area contributed by atoms with E-state index in [0.717, 1.165) is 25.0 Å². The van der Waals surface area contributed by atoms with E-state index >= 15 is 0 Å². The predicted molar refractivity (Wildman–Crippen MR) is 38.4 cm³/mol. The lowest BCUT2D eigenvalue weighted by Crippen LogP contribution is -2.06. The van der Waals surface area contributed by atoms with Gasteiger partial charge in [-0.3, -0.25) is 0 Å². The summed E-state index contributed by atoms with van der Waals surface area (Å²) >= 11 is 0. The Morgan fingerprint density at radius 2 is 1.44 bits per heavy atom. The maximum Gasteiger partial charge on any atom is 0.0468 e. The van der Waals surface area contributed by atoms with E-state index in [-0.39, 0.29) is 0 Å². The fourth-order valence-electron chi connectivity index (χ4n) is 1.21. The van der Waals surface area contributed by atoms with Gasteiger partial charge < -0.3 is 4.74 Å². The molecule has 0 saturated carbocycles. The Labute approximate surface area is 57.4 Å². The molecule has 0 aromatic carbocycles. The lowest BCUT2D eigenvalue weighted by atomic mass is 9.92. The van der Waals surface area contributed by atoms with Crippen molar-refractivity contribution >= 4 is 0 Å². The second-order valence-corrected chi connectivity index (χ2v) is 3.14. The summed E-state index contributed by atoms with van der Waals surface area (Å²) in [4.78, 5) is 0. The van der Waals surface area contributed by atoms with Crippen molar-refractivity contribution in [2.24, 2.45) is 11.8 Å². The molecule has 0 aromatic rings. The molecule has 0 radical (unpaired) electrons. The highest BCUT2D eigenvalue weighted by Gasteiger charge is 2.14. The summed E-state index contributed by atoms with van der Waals surface area (Å²) in [5.74, 6) is 1.74. The monoisotopic (exact) mass is 128 g/mol. The zero-order valence-corrected chi connectivity index (χ0v) is 6.39. The molecule has 0 spiro atoms. The van der Waals surface area contributed by atoms with E-state index in [2.05, 4.69) is 13.8 Å². The standard InChI is InChI=1S/C8H16O/c1-7-3-5-9-6-4-8(7)2/h7-8H,3-6H2,1-2H3. The number of hydrogen-bond donors (Lipinski definition) is 0. The van der Waals surface area contributed by atoms with Crippen LogP contribution in [0.3, 0.4) is 0 Å². The molecule has 0 aliphatic carbocycles. The molecule has 1 fully saturated rings. The maximum atomic E-state index is 5.34. The molecule has 1 aliphatic heterocycles. The number of rotatable bonds is 0. The fraction of sp³-hybridized carbons (Fsp3) is 1.00. The van der Waals surface area contributed by atoms with Crippen LogP contribution in [0.4, 0.5) is 0 Å². The normalized spacial score (nSPS) is 38.0. The maximum absolute atomic E-state index is 5.34. The summed E-state index contributed by atoms with van der Waals surface area (Å²) in [5.41, 5.74) is 0. The molecule has 1 rings (SSSR count). The quantitative estimate of drug-likeness (QED) is 0.485. The fourth-order valence-corrected chi connectivity index (χ4v) is 1.21. The second kappa shape index (κ2) is 3.21. The zero-order chi connectivity index (χ0) is 6.69. The molecule has 1 saturated heterocycles. The van der Waals surface area contributed by atoms with Gasteiger partial charge in [0.25, 0.3) is 0 Å². The van der Waals surface area contributed by atoms with Gasteiger partial charge >= 0.3 is 0 Å². The summed E-state index contributed by atoms with van der Waals surface area (Å²) < 4.78 is 5.34. The summed E-state index contributed by atoms with van der Waals surface area (Å²) in [6.07, 6.45) is 2.50. The van der Waals surface area contributed by atoms with Crippen molar-refractivity contribution < 1.29 is 4.74 Å². The predicted octanol–water partition coefficient (Wildman–Crippen LogP) is 2.07. The van der Waals surface area contributed by atoms with Crippen molar-refractivity contribution in [1.29, 1.82) is 0 Å². The third-order valence-corrected chi connectivity index (χ3v) is 2.41. The Hall–Kier alpha value is -0.0400. The van der Waals surface area contributed by atoms with Crippen LogP contribution in [0.2, 0.25) is 0 Å². The van der Waals surface area contributed by atoms with Gasteiger partial charge in [-0.2, -0.15) is 0 Å². The largest absolute Gasteiger partial charge is 0.381 e. The van der Waals surface area contributed by atoms with Gasteiger partial charge in [0.2, 0.25) is 0 Å². The Balaban J connectivity index is 2.32. The Kier molecular flexibility index (Phi) is 2.52. The molecule has 2 unspecified atom stereocenters. The minimum absolute atomic E-state index is 0.868. The van der Waals surface area contributed by atoms with Crippen LogP contribution in [0.15, 0.2) is 0 Å². The third-order valence-electron chi connectivity index (χ3n) is 2.41. The van der Waals surface area contributed by atoms with Crippen molar-refractivity contribution in [1.82, 2.24) is 0 Å². The van der Waals surface area contributed by atoms with Gasteiger partial charge in [-0.15, -0.1) is 0 Å². The van der Waals surface area contributed by atoms with Gasteiger partial charge in [-0.25, -0.2) is 0 Å². The molecule has 2 atom stereocenters. The van der Waals surface area contributed by atoms with Crippen LogP contribution < -0.4 is 0 Å². The molecule has 9 heavy (non-hydrogen) atoms. The van der Waals surface area contributed by atoms with Crippen molar-refractivity contribution in [3.8, 4) is 0 Å². The molecule has 1 aliphatic rings. The SMILES string of the molecule is CC1CCOCCC1C. The summed E-state index contributed by atoms with van der Waals surface area (Å²) in [6.45, 7) is 6.59.